The Kier molecular flexibility index (Phi) is 7.35. The highest BCUT2D eigenvalue weighted by Gasteiger charge is 2.17. The molecule has 0 atom stereocenters. The van der Waals surface area contributed by atoms with Crippen molar-refractivity contribution in [3.8, 4) is 11.1 Å². The van der Waals surface area contributed by atoms with Crippen molar-refractivity contribution in [2.45, 2.75) is 16.7 Å². The molecule has 0 saturated carbocycles. The molecule has 0 heterocycles. The average Bonchev–Trinajstić information content (AvgIpc) is 2.89. The zero-order valence-electron chi connectivity index (χ0n) is 18.6. The summed E-state index contributed by atoms with van der Waals surface area (Å²) in [5.74, 6) is -1.53. The van der Waals surface area contributed by atoms with Crippen LogP contribution in [-0.4, -0.2) is 24.1 Å². The number of hydrogen-bond acceptors (Lipinski definition) is 5. The number of carbonyl (C=O) groups is 3. The molecule has 4 rings (SSSR count). The molecular weight excluding hydrogens is 444 g/mol. The molecule has 0 N–H and O–H groups in total. The third-order valence-electron chi connectivity index (χ3n) is 5.18. The van der Waals surface area contributed by atoms with Crippen molar-refractivity contribution in [3.63, 3.8) is 0 Å². The zero-order chi connectivity index (χ0) is 23.9. The van der Waals surface area contributed by atoms with Crippen LogP contribution < -0.4 is 0 Å². The Labute approximate surface area is 202 Å². The molecule has 168 valence electrons. The summed E-state index contributed by atoms with van der Waals surface area (Å²) in [6.45, 7) is 1.82. The van der Waals surface area contributed by atoms with Gasteiger partial charge in [-0.25, -0.2) is 4.79 Å². The second-order valence-electron chi connectivity index (χ2n) is 7.47. The van der Waals surface area contributed by atoms with Crippen molar-refractivity contribution in [1.29, 1.82) is 0 Å². The number of ether oxygens (including phenoxy) is 1. The predicted molar refractivity (Wildman–Crippen MR) is 133 cm³/mol. The average molecular weight is 467 g/mol. The van der Waals surface area contributed by atoms with Gasteiger partial charge >= 0.3 is 5.97 Å². The molecule has 0 unspecified atom stereocenters. The third-order valence-corrected chi connectivity index (χ3v) is 6.20. The lowest BCUT2D eigenvalue weighted by Crippen LogP contribution is -2.17. The lowest BCUT2D eigenvalue weighted by atomic mass is 9.99. The summed E-state index contributed by atoms with van der Waals surface area (Å²) in [5, 5.41) is 0. The van der Waals surface area contributed by atoms with E-state index in [-0.39, 0.29) is 12.4 Å². The van der Waals surface area contributed by atoms with E-state index in [9.17, 15) is 14.4 Å². The van der Waals surface area contributed by atoms with E-state index >= 15 is 0 Å². The van der Waals surface area contributed by atoms with Gasteiger partial charge < -0.3 is 4.74 Å². The number of ketones is 2. The predicted octanol–water partition coefficient (Wildman–Crippen LogP) is 6.48. The molecule has 4 nitrogen and oxygen atoms in total. The first-order valence-corrected chi connectivity index (χ1v) is 11.7. The van der Waals surface area contributed by atoms with Crippen LogP contribution in [0, 0.1) is 0 Å². The Morgan fingerprint density at radius 2 is 1.09 bits per heavy atom. The molecule has 0 aliphatic rings. The molecule has 0 fully saturated rings. The van der Waals surface area contributed by atoms with E-state index in [2.05, 4.69) is 0 Å². The zero-order valence-corrected chi connectivity index (χ0v) is 19.4. The van der Waals surface area contributed by atoms with Crippen molar-refractivity contribution in [3.05, 3.63) is 120 Å². The maximum absolute atomic E-state index is 12.9. The van der Waals surface area contributed by atoms with Crippen molar-refractivity contribution >= 4 is 29.3 Å². The van der Waals surface area contributed by atoms with Crippen LogP contribution in [0.1, 0.15) is 33.2 Å². The molecule has 0 aromatic heterocycles. The van der Waals surface area contributed by atoms with Crippen LogP contribution in [0.5, 0.6) is 0 Å². The van der Waals surface area contributed by atoms with Gasteiger partial charge in [-0.3, -0.25) is 9.59 Å². The monoisotopic (exact) mass is 466 g/mol. The molecule has 0 spiro atoms. The molecule has 5 heteroatoms. The molecule has 0 saturated heterocycles. The highest BCUT2D eigenvalue weighted by atomic mass is 32.2. The van der Waals surface area contributed by atoms with Crippen molar-refractivity contribution in [1.82, 2.24) is 0 Å². The van der Waals surface area contributed by atoms with Gasteiger partial charge in [0.15, 0.2) is 5.78 Å². The fourth-order valence-corrected chi connectivity index (χ4v) is 4.23. The van der Waals surface area contributed by atoms with Crippen LogP contribution in [0.2, 0.25) is 0 Å². The van der Waals surface area contributed by atoms with Gasteiger partial charge in [0, 0.05) is 26.5 Å². The molecule has 4 aromatic rings. The van der Waals surface area contributed by atoms with Gasteiger partial charge in [-0.05, 0) is 66.6 Å². The minimum Gasteiger partial charge on any atom is -0.460 e. The maximum Gasteiger partial charge on any atom is 0.379 e. The van der Waals surface area contributed by atoms with Crippen molar-refractivity contribution in [2.24, 2.45) is 0 Å². The summed E-state index contributed by atoms with van der Waals surface area (Å²) in [4.78, 5) is 38.3. The molecule has 0 aliphatic heterocycles. The molecule has 0 aliphatic carbocycles. The number of rotatable bonds is 8. The normalized spacial score (nSPS) is 10.5. The molecule has 34 heavy (non-hydrogen) atoms. The Morgan fingerprint density at radius 1 is 0.618 bits per heavy atom. The minimum absolute atomic E-state index is 0.0296. The number of Topliss-reactive ketones (excluding diaryl/α,β-unsaturated/α-hetero) is 1. The lowest BCUT2D eigenvalue weighted by Gasteiger charge is -2.06. The standard InChI is InChI=1S/C29H22O4S/c1-2-33-29(32)28(31)24-14-18-26(19-15-24)34-25-16-12-23(13-17-25)27(30)22-10-8-21(9-11-22)20-6-4-3-5-7-20/h3-19H,2H2,1H3. The van der Waals surface area contributed by atoms with Crippen LogP contribution in [0.25, 0.3) is 11.1 Å². The van der Waals surface area contributed by atoms with E-state index in [4.69, 9.17) is 4.74 Å². The Morgan fingerprint density at radius 3 is 1.62 bits per heavy atom. The summed E-state index contributed by atoms with van der Waals surface area (Å²) < 4.78 is 4.75. The van der Waals surface area contributed by atoms with Gasteiger partial charge in [-0.2, -0.15) is 0 Å². The molecular formula is C29H22O4S. The summed E-state index contributed by atoms with van der Waals surface area (Å²) in [7, 11) is 0. The smallest absolute Gasteiger partial charge is 0.379 e. The largest absolute Gasteiger partial charge is 0.460 e. The molecule has 0 amide bonds. The van der Waals surface area contributed by atoms with Crippen LogP contribution in [0.3, 0.4) is 0 Å². The fraction of sp³-hybridized carbons (Fsp3) is 0.0690. The van der Waals surface area contributed by atoms with E-state index < -0.39 is 11.8 Å². The van der Waals surface area contributed by atoms with Gasteiger partial charge in [0.05, 0.1) is 6.61 Å². The molecule has 0 radical (unpaired) electrons. The van der Waals surface area contributed by atoms with Gasteiger partial charge in [0.25, 0.3) is 5.78 Å². The Bertz CT molecular complexity index is 1290. The fourth-order valence-electron chi connectivity index (χ4n) is 3.41. The number of esters is 1. The van der Waals surface area contributed by atoms with Crippen molar-refractivity contribution < 1.29 is 19.1 Å². The quantitative estimate of drug-likeness (QED) is 0.169. The van der Waals surface area contributed by atoms with E-state index in [1.54, 1.807) is 31.2 Å². The Balaban J connectivity index is 1.40. The highest BCUT2D eigenvalue weighted by Crippen LogP contribution is 2.29. The van der Waals surface area contributed by atoms with Gasteiger partial charge in [0.2, 0.25) is 0 Å². The van der Waals surface area contributed by atoms with Gasteiger partial charge in [-0.1, -0.05) is 66.4 Å². The maximum atomic E-state index is 12.9. The number of hydrogen-bond donors (Lipinski definition) is 0. The second kappa shape index (κ2) is 10.8. The van der Waals surface area contributed by atoms with E-state index in [0.717, 1.165) is 20.9 Å². The second-order valence-corrected chi connectivity index (χ2v) is 8.62. The molecule has 0 bridgehead atoms. The minimum atomic E-state index is -0.849. The van der Waals surface area contributed by atoms with E-state index in [1.165, 1.54) is 11.8 Å². The summed E-state index contributed by atoms with van der Waals surface area (Å²) >= 11 is 1.50. The first kappa shape index (κ1) is 23.2. The number of carbonyl (C=O) groups excluding carboxylic acids is 3. The van der Waals surface area contributed by atoms with Crippen LogP contribution in [0.15, 0.2) is 113 Å². The SMILES string of the molecule is CCOC(=O)C(=O)c1ccc(Sc2ccc(C(=O)c3ccc(-c4ccccc4)cc3)cc2)cc1. The van der Waals surface area contributed by atoms with Crippen LogP contribution in [-0.2, 0) is 9.53 Å². The molecule has 4 aromatic carbocycles. The summed E-state index contributed by atoms with van der Waals surface area (Å²) in [5.41, 5.74) is 3.73. The van der Waals surface area contributed by atoms with Gasteiger partial charge in [0.1, 0.15) is 0 Å². The highest BCUT2D eigenvalue weighted by molar-refractivity contribution is 7.99. The van der Waals surface area contributed by atoms with Crippen LogP contribution in [0.4, 0.5) is 0 Å². The first-order valence-electron chi connectivity index (χ1n) is 10.8. The first-order chi connectivity index (χ1) is 16.5. The van der Waals surface area contributed by atoms with E-state index in [1.807, 2.05) is 78.9 Å². The van der Waals surface area contributed by atoms with Crippen LogP contribution >= 0.6 is 11.8 Å². The van der Waals surface area contributed by atoms with E-state index in [0.29, 0.717) is 16.7 Å². The third kappa shape index (κ3) is 5.50. The van der Waals surface area contributed by atoms with Gasteiger partial charge in [-0.15, -0.1) is 0 Å². The number of benzene rings is 4. The summed E-state index contributed by atoms with van der Waals surface area (Å²) in [6, 6.07) is 31.9. The Hall–Kier alpha value is -3.96. The topological polar surface area (TPSA) is 60.4 Å². The lowest BCUT2D eigenvalue weighted by molar-refractivity contribution is -0.137. The summed E-state index contributed by atoms with van der Waals surface area (Å²) in [6.07, 6.45) is 0. The van der Waals surface area contributed by atoms with Crippen molar-refractivity contribution in [2.75, 3.05) is 6.61 Å².